The zero-order chi connectivity index (χ0) is 14.1. The van der Waals surface area contributed by atoms with E-state index >= 15 is 0 Å². The number of unbranched alkanes of at least 4 members (excludes halogenated alkanes) is 5. The van der Waals surface area contributed by atoms with E-state index in [2.05, 4.69) is 32.9 Å². The lowest BCUT2D eigenvalue weighted by Gasteiger charge is -2.13. The lowest BCUT2D eigenvalue weighted by molar-refractivity contribution is 0.461. The van der Waals surface area contributed by atoms with Gasteiger partial charge in [0.25, 0.3) is 0 Å². The Morgan fingerprint density at radius 1 is 1.00 bits per heavy atom. The molecule has 1 atom stereocenters. The van der Waals surface area contributed by atoms with E-state index in [1.807, 2.05) is 6.07 Å². The molecule has 0 aliphatic rings. The first kappa shape index (κ1) is 16.1. The lowest BCUT2D eigenvalue weighted by Crippen LogP contribution is -1.95. The van der Waals surface area contributed by atoms with Crippen LogP contribution in [0.25, 0.3) is 0 Å². The van der Waals surface area contributed by atoms with Crippen LogP contribution >= 0.6 is 0 Å². The maximum atomic E-state index is 9.91. The van der Waals surface area contributed by atoms with Gasteiger partial charge in [-0.15, -0.1) is 0 Å². The van der Waals surface area contributed by atoms with Gasteiger partial charge in [-0.05, 0) is 42.4 Å². The van der Waals surface area contributed by atoms with Crippen molar-refractivity contribution in [2.75, 3.05) is 0 Å². The average molecular weight is 262 g/mol. The van der Waals surface area contributed by atoms with Crippen LogP contribution in [0.15, 0.2) is 18.2 Å². The number of phenolic OH excluding ortho intramolecular Hbond substituents is 1. The molecule has 1 heteroatoms. The minimum atomic E-state index is 0.449. The highest BCUT2D eigenvalue weighted by Gasteiger charge is 2.09. The maximum absolute atomic E-state index is 9.91. The number of benzene rings is 1. The van der Waals surface area contributed by atoms with Gasteiger partial charge in [-0.2, -0.15) is 0 Å². The van der Waals surface area contributed by atoms with Crippen LogP contribution in [0.4, 0.5) is 0 Å². The number of hydrogen-bond acceptors (Lipinski definition) is 1. The number of aryl methyl sites for hydroxylation is 1. The summed E-state index contributed by atoms with van der Waals surface area (Å²) in [6.45, 7) is 6.61. The average Bonchev–Trinajstić information content (AvgIpc) is 2.43. The first-order valence-corrected chi connectivity index (χ1v) is 8.00. The van der Waals surface area contributed by atoms with E-state index in [1.165, 1.54) is 44.1 Å². The van der Waals surface area contributed by atoms with Crippen LogP contribution in [0, 0.1) is 0 Å². The van der Waals surface area contributed by atoms with Crippen LogP contribution < -0.4 is 0 Å². The topological polar surface area (TPSA) is 20.2 Å². The lowest BCUT2D eigenvalue weighted by atomic mass is 9.94. The van der Waals surface area contributed by atoms with Crippen molar-refractivity contribution >= 4 is 0 Å². The SMILES string of the molecule is CCCCCCCCc1ccc(O)c(C(C)CC)c1. The fraction of sp³-hybridized carbons (Fsp3) is 0.667. The normalized spacial score (nSPS) is 12.6. The van der Waals surface area contributed by atoms with Crippen LogP contribution in [-0.2, 0) is 6.42 Å². The van der Waals surface area contributed by atoms with Gasteiger partial charge in [0.15, 0.2) is 0 Å². The highest BCUT2D eigenvalue weighted by molar-refractivity contribution is 5.38. The van der Waals surface area contributed by atoms with Gasteiger partial charge in [-0.3, -0.25) is 0 Å². The van der Waals surface area contributed by atoms with E-state index in [-0.39, 0.29) is 0 Å². The van der Waals surface area contributed by atoms with E-state index in [1.54, 1.807) is 0 Å². The largest absolute Gasteiger partial charge is 0.508 e. The van der Waals surface area contributed by atoms with Crippen molar-refractivity contribution in [2.45, 2.75) is 78.1 Å². The Balaban J connectivity index is 2.42. The van der Waals surface area contributed by atoms with E-state index in [9.17, 15) is 5.11 Å². The van der Waals surface area contributed by atoms with Gasteiger partial charge >= 0.3 is 0 Å². The molecule has 108 valence electrons. The molecule has 1 aromatic rings. The van der Waals surface area contributed by atoms with Crippen LogP contribution in [0.3, 0.4) is 0 Å². The molecule has 0 fully saturated rings. The third kappa shape index (κ3) is 5.67. The summed E-state index contributed by atoms with van der Waals surface area (Å²) in [4.78, 5) is 0. The Morgan fingerprint density at radius 2 is 1.68 bits per heavy atom. The van der Waals surface area contributed by atoms with E-state index in [4.69, 9.17) is 0 Å². The third-order valence-corrected chi connectivity index (χ3v) is 4.05. The number of aromatic hydroxyl groups is 1. The molecular formula is C18H30O. The highest BCUT2D eigenvalue weighted by Crippen LogP contribution is 2.29. The van der Waals surface area contributed by atoms with Gasteiger partial charge in [-0.25, -0.2) is 0 Å². The number of hydrogen-bond donors (Lipinski definition) is 1. The molecular weight excluding hydrogens is 232 g/mol. The maximum Gasteiger partial charge on any atom is 0.119 e. The molecule has 0 aliphatic carbocycles. The minimum Gasteiger partial charge on any atom is -0.508 e. The van der Waals surface area contributed by atoms with Crippen molar-refractivity contribution in [1.82, 2.24) is 0 Å². The summed E-state index contributed by atoms with van der Waals surface area (Å²) < 4.78 is 0. The van der Waals surface area contributed by atoms with Crippen LogP contribution in [0.5, 0.6) is 5.75 Å². The first-order valence-electron chi connectivity index (χ1n) is 8.00. The zero-order valence-corrected chi connectivity index (χ0v) is 12.9. The standard InChI is InChI=1S/C18H30O/c1-4-6-7-8-9-10-11-16-12-13-18(19)17(14-16)15(3)5-2/h12-15,19H,4-11H2,1-3H3. The van der Waals surface area contributed by atoms with Gasteiger partial charge in [0.2, 0.25) is 0 Å². The van der Waals surface area contributed by atoms with Gasteiger partial charge in [0.05, 0.1) is 0 Å². The molecule has 1 aromatic carbocycles. The van der Waals surface area contributed by atoms with Crippen LogP contribution in [0.1, 0.15) is 82.8 Å². The second-order valence-corrected chi connectivity index (χ2v) is 5.72. The molecule has 1 rings (SSSR count). The number of rotatable bonds is 9. The molecule has 0 saturated carbocycles. The Morgan fingerprint density at radius 3 is 2.37 bits per heavy atom. The van der Waals surface area contributed by atoms with Gasteiger partial charge in [0, 0.05) is 0 Å². The van der Waals surface area contributed by atoms with E-state index < -0.39 is 0 Å². The Kier molecular flexibility index (Phi) is 7.62. The number of phenols is 1. The monoisotopic (exact) mass is 262 g/mol. The molecule has 19 heavy (non-hydrogen) atoms. The van der Waals surface area contributed by atoms with Gasteiger partial charge in [-0.1, -0.05) is 65.0 Å². The molecule has 0 heterocycles. The van der Waals surface area contributed by atoms with Crippen molar-refractivity contribution in [3.05, 3.63) is 29.3 Å². The fourth-order valence-corrected chi connectivity index (χ4v) is 2.48. The molecule has 0 radical (unpaired) electrons. The Labute approximate surface area is 119 Å². The van der Waals surface area contributed by atoms with Crippen molar-refractivity contribution < 1.29 is 5.11 Å². The molecule has 0 aromatic heterocycles. The molecule has 1 nitrogen and oxygen atoms in total. The predicted molar refractivity (Wildman–Crippen MR) is 83.9 cm³/mol. The van der Waals surface area contributed by atoms with Crippen LogP contribution in [0.2, 0.25) is 0 Å². The molecule has 0 amide bonds. The summed E-state index contributed by atoms with van der Waals surface area (Å²) in [5.41, 5.74) is 2.49. The summed E-state index contributed by atoms with van der Waals surface area (Å²) >= 11 is 0. The molecule has 1 unspecified atom stereocenters. The summed E-state index contributed by atoms with van der Waals surface area (Å²) in [6, 6.07) is 6.15. The van der Waals surface area contributed by atoms with Crippen molar-refractivity contribution in [3.8, 4) is 5.75 Å². The van der Waals surface area contributed by atoms with Gasteiger partial charge < -0.3 is 5.11 Å². The first-order chi connectivity index (χ1) is 9.19. The van der Waals surface area contributed by atoms with Crippen molar-refractivity contribution in [2.24, 2.45) is 0 Å². The smallest absolute Gasteiger partial charge is 0.119 e. The molecule has 0 spiro atoms. The minimum absolute atomic E-state index is 0.449. The second-order valence-electron chi connectivity index (χ2n) is 5.72. The summed E-state index contributed by atoms with van der Waals surface area (Å²) in [6.07, 6.45) is 10.3. The van der Waals surface area contributed by atoms with Crippen molar-refractivity contribution in [1.29, 1.82) is 0 Å². The third-order valence-electron chi connectivity index (χ3n) is 4.05. The zero-order valence-electron chi connectivity index (χ0n) is 12.9. The summed E-state index contributed by atoms with van der Waals surface area (Å²) in [5, 5.41) is 9.91. The van der Waals surface area contributed by atoms with Crippen LogP contribution in [-0.4, -0.2) is 5.11 Å². The van der Waals surface area contributed by atoms with E-state index in [0.29, 0.717) is 11.7 Å². The predicted octanol–water partition coefficient (Wildman–Crippen LogP) is 5.81. The summed E-state index contributed by atoms with van der Waals surface area (Å²) in [7, 11) is 0. The fourth-order valence-electron chi connectivity index (χ4n) is 2.48. The quantitative estimate of drug-likeness (QED) is 0.557. The van der Waals surface area contributed by atoms with E-state index in [0.717, 1.165) is 18.4 Å². The second kappa shape index (κ2) is 9.01. The molecule has 0 saturated heterocycles. The highest BCUT2D eigenvalue weighted by atomic mass is 16.3. The van der Waals surface area contributed by atoms with Crippen molar-refractivity contribution in [3.63, 3.8) is 0 Å². The summed E-state index contributed by atoms with van der Waals surface area (Å²) in [5.74, 6) is 0.908. The van der Waals surface area contributed by atoms with Gasteiger partial charge in [0.1, 0.15) is 5.75 Å². The molecule has 0 aliphatic heterocycles. The Hall–Kier alpha value is -0.980. The Bertz CT molecular complexity index is 357. The molecule has 0 bridgehead atoms. The molecule has 1 N–H and O–H groups in total.